The number of halogens is 1. The molecular formula is C18H18FN3O3. The van der Waals surface area contributed by atoms with Gasteiger partial charge in [0.1, 0.15) is 5.52 Å². The van der Waals surface area contributed by atoms with Crippen LogP contribution in [0.1, 0.15) is 0 Å². The topological polar surface area (TPSA) is 65.3 Å². The number of aryl methyl sites for hydroxylation is 1. The summed E-state index contributed by atoms with van der Waals surface area (Å²) in [7, 11) is 1.82. The first-order chi connectivity index (χ1) is 12.1. The van der Waals surface area contributed by atoms with Crippen molar-refractivity contribution < 1.29 is 13.9 Å². The molecule has 3 rings (SSSR count). The smallest absolute Gasteiger partial charge is 0.275 e. The Bertz CT molecular complexity index is 962. The first kappa shape index (κ1) is 16.8. The van der Waals surface area contributed by atoms with Gasteiger partial charge >= 0.3 is 0 Å². The van der Waals surface area contributed by atoms with Crippen molar-refractivity contribution in [3.63, 3.8) is 0 Å². The van der Waals surface area contributed by atoms with Crippen LogP contribution in [0.5, 0.6) is 5.75 Å². The average Bonchev–Trinajstić information content (AvgIpc) is 2.98. The molecule has 6 nitrogen and oxygen atoms in total. The van der Waals surface area contributed by atoms with Gasteiger partial charge in [0, 0.05) is 37.9 Å². The van der Waals surface area contributed by atoms with Crippen LogP contribution < -0.4 is 15.6 Å². The number of carbonyl (C=O) groups excluding carboxylic acids is 1. The maximum Gasteiger partial charge on any atom is 0.275 e. The summed E-state index contributed by atoms with van der Waals surface area (Å²) in [5, 5.41) is 3.53. The molecule has 0 saturated carbocycles. The van der Waals surface area contributed by atoms with Crippen LogP contribution in [0.3, 0.4) is 0 Å². The molecule has 0 aliphatic rings. The molecule has 130 valence electrons. The molecule has 0 bridgehead atoms. The fourth-order valence-corrected chi connectivity index (χ4v) is 2.58. The molecule has 0 unspecified atom stereocenters. The molecule has 0 saturated heterocycles. The van der Waals surface area contributed by atoms with E-state index in [-0.39, 0.29) is 30.4 Å². The van der Waals surface area contributed by atoms with Gasteiger partial charge in [-0.25, -0.2) is 4.39 Å². The van der Waals surface area contributed by atoms with E-state index in [0.717, 1.165) is 5.39 Å². The van der Waals surface area contributed by atoms with Gasteiger partial charge in [-0.2, -0.15) is 0 Å². The monoisotopic (exact) mass is 343 g/mol. The van der Waals surface area contributed by atoms with Gasteiger partial charge in [0.15, 0.2) is 18.2 Å². The quantitative estimate of drug-likeness (QED) is 0.740. The standard InChI is InChI=1S/C18H18FN3O3/c1-21-9-6-13-7-10-22(18(24)17(13)21)11-8-20-16(23)12-25-15-5-3-2-4-14(15)19/h2-7,9-10H,8,11-12H2,1H3,(H,20,23). The van der Waals surface area contributed by atoms with E-state index < -0.39 is 5.82 Å². The third kappa shape index (κ3) is 3.71. The molecule has 0 aliphatic carbocycles. The highest BCUT2D eigenvalue weighted by Gasteiger charge is 2.08. The van der Waals surface area contributed by atoms with E-state index in [0.29, 0.717) is 12.1 Å². The number of benzene rings is 1. The number of aromatic nitrogens is 2. The van der Waals surface area contributed by atoms with Crippen molar-refractivity contribution in [2.24, 2.45) is 7.05 Å². The molecular weight excluding hydrogens is 325 g/mol. The first-order valence-electron chi connectivity index (χ1n) is 7.85. The number of para-hydroxylation sites is 1. The minimum atomic E-state index is -0.516. The van der Waals surface area contributed by atoms with Gasteiger partial charge < -0.3 is 19.2 Å². The second-order valence-corrected chi connectivity index (χ2v) is 5.61. The SMILES string of the molecule is Cn1ccc2ccn(CCNC(=O)COc3ccccc3F)c(=O)c21. The van der Waals surface area contributed by atoms with Gasteiger partial charge in [0.05, 0.1) is 0 Å². The summed E-state index contributed by atoms with van der Waals surface area (Å²) in [6.07, 6.45) is 3.53. The zero-order valence-corrected chi connectivity index (χ0v) is 13.7. The van der Waals surface area contributed by atoms with E-state index >= 15 is 0 Å². The van der Waals surface area contributed by atoms with Crippen molar-refractivity contribution in [3.8, 4) is 5.75 Å². The number of pyridine rings is 1. The summed E-state index contributed by atoms with van der Waals surface area (Å²) >= 11 is 0. The van der Waals surface area contributed by atoms with E-state index in [9.17, 15) is 14.0 Å². The lowest BCUT2D eigenvalue weighted by Crippen LogP contribution is -2.33. The van der Waals surface area contributed by atoms with Crippen molar-refractivity contribution in [3.05, 3.63) is 65.0 Å². The van der Waals surface area contributed by atoms with Crippen LogP contribution in [0.4, 0.5) is 4.39 Å². The highest BCUT2D eigenvalue weighted by molar-refractivity contribution is 5.79. The largest absolute Gasteiger partial charge is 0.481 e. The number of hydrogen-bond donors (Lipinski definition) is 1. The normalized spacial score (nSPS) is 10.8. The van der Waals surface area contributed by atoms with Crippen molar-refractivity contribution in [2.45, 2.75) is 6.54 Å². The highest BCUT2D eigenvalue weighted by Crippen LogP contribution is 2.14. The zero-order valence-electron chi connectivity index (χ0n) is 13.7. The predicted octanol–water partition coefficient (Wildman–Crippen LogP) is 1.67. The third-order valence-electron chi connectivity index (χ3n) is 3.87. The van der Waals surface area contributed by atoms with Gasteiger partial charge in [-0.05, 0) is 24.3 Å². The van der Waals surface area contributed by atoms with E-state index in [1.54, 1.807) is 27.5 Å². The molecule has 2 aromatic heterocycles. The number of nitrogens with zero attached hydrogens (tertiary/aromatic N) is 2. The van der Waals surface area contributed by atoms with E-state index in [1.807, 2.05) is 25.4 Å². The minimum absolute atomic E-state index is 0.0306. The minimum Gasteiger partial charge on any atom is -0.481 e. The maximum atomic E-state index is 13.4. The van der Waals surface area contributed by atoms with Crippen molar-refractivity contribution >= 4 is 16.8 Å². The Morgan fingerprint density at radius 3 is 2.76 bits per heavy atom. The number of fused-ring (bicyclic) bond motifs is 1. The highest BCUT2D eigenvalue weighted by atomic mass is 19.1. The molecule has 1 N–H and O–H groups in total. The third-order valence-corrected chi connectivity index (χ3v) is 3.87. The molecule has 25 heavy (non-hydrogen) atoms. The van der Waals surface area contributed by atoms with Gasteiger partial charge in [0.25, 0.3) is 11.5 Å². The van der Waals surface area contributed by atoms with Gasteiger partial charge in [-0.3, -0.25) is 9.59 Å². The Kier molecular flexibility index (Phi) is 4.83. The lowest BCUT2D eigenvalue weighted by Gasteiger charge is -2.09. The fraction of sp³-hybridized carbons (Fsp3) is 0.222. The number of hydrogen-bond acceptors (Lipinski definition) is 3. The van der Waals surface area contributed by atoms with Gasteiger partial charge in [0.2, 0.25) is 0 Å². The number of ether oxygens (including phenoxy) is 1. The van der Waals surface area contributed by atoms with Crippen LogP contribution in [0, 0.1) is 5.82 Å². The van der Waals surface area contributed by atoms with Crippen LogP contribution in [0.2, 0.25) is 0 Å². The Hall–Kier alpha value is -3.09. The lowest BCUT2D eigenvalue weighted by molar-refractivity contribution is -0.123. The van der Waals surface area contributed by atoms with Crippen LogP contribution in [0.25, 0.3) is 10.9 Å². The molecule has 1 aromatic carbocycles. The Balaban J connectivity index is 1.53. The number of carbonyl (C=O) groups is 1. The van der Waals surface area contributed by atoms with E-state index in [1.165, 1.54) is 12.1 Å². The van der Waals surface area contributed by atoms with Crippen molar-refractivity contribution in [1.29, 1.82) is 0 Å². The number of rotatable bonds is 6. The Morgan fingerprint density at radius 2 is 1.96 bits per heavy atom. The molecule has 0 spiro atoms. The van der Waals surface area contributed by atoms with Crippen molar-refractivity contribution in [2.75, 3.05) is 13.2 Å². The van der Waals surface area contributed by atoms with E-state index in [4.69, 9.17) is 4.74 Å². The summed E-state index contributed by atoms with van der Waals surface area (Å²) in [4.78, 5) is 24.2. The van der Waals surface area contributed by atoms with Crippen LogP contribution >= 0.6 is 0 Å². The summed E-state index contributed by atoms with van der Waals surface area (Å²) < 4.78 is 21.8. The lowest BCUT2D eigenvalue weighted by atomic mass is 10.3. The summed E-state index contributed by atoms with van der Waals surface area (Å²) in [5.74, 6) is -0.864. The maximum absolute atomic E-state index is 13.4. The molecule has 0 aliphatic heterocycles. The number of nitrogens with one attached hydrogen (secondary N) is 1. The van der Waals surface area contributed by atoms with Crippen LogP contribution in [0.15, 0.2) is 53.6 Å². The first-order valence-corrected chi connectivity index (χ1v) is 7.85. The van der Waals surface area contributed by atoms with Crippen LogP contribution in [-0.4, -0.2) is 28.2 Å². The summed E-state index contributed by atoms with van der Waals surface area (Å²) in [5.41, 5.74) is 0.513. The fourth-order valence-electron chi connectivity index (χ4n) is 2.58. The second-order valence-electron chi connectivity index (χ2n) is 5.61. The Labute approximate surface area is 143 Å². The van der Waals surface area contributed by atoms with Gasteiger partial charge in [-0.1, -0.05) is 12.1 Å². The van der Waals surface area contributed by atoms with Gasteiger partial charge in [-0.15, -0.1) is 0 Å². The molecule has 0 atom stereocenters. The van der Waals surface area contributed by atoms with E-state index in [2.05, 4.69) is 5.32 Å². The predicted molar refractivity (Wildman–Crippen MR) is 92.1 cm³/mol. The summed E-state index contributed by atoms with van der Waals surface area (Å²) in [6.45, 7) is 0.327. The molecule has 2 heterocycles. The van der Waals surface area contributed by atoms with Crippen LogP contribution in [-0.2, 0) is 18.4 Å². The van der Waals surface area contributed by atoms with Crippen molar-refractivity contribution in [1.82, 2.24) is 14.5 Å². The Morgan fingerprint density at radius 1 is 1.20 bits per heavy atom. The molecule has 3 aromatic rings. The number of amides is 1. The molecule has 0 fully saturated rings. The zero-order chi connectivity index (χ0) is 17.8. The average molecular weight is 343 g/mol. The molecule has 7 heteroatoms. The second kappa shape index (κ2) is 7.21. The molecule has 0 radical (unpaired) electrons. The molecule has 1 amide bonds. The summed E-state index contributed by atoms with van der Waals surface area (Å²) in [6, 6.07) is 9.63.